The Hall–Kier alpha value is -2.82. The molecule has 0 radical (unpaired) electrons. The maximum atomic E-state index is 12.7. The Morgan fingerprint density at radius 1 is 1.14 bits per heavy atom. The van der Waals surface area contributed by atoms with Gasteiger partial charge in [-0.05, 0) is 55.2 Å². The molecule has 5 heteroatoms. The standard InChI is InChI=1S/C24H30N2O3/c1-5-6-7-14-29-20-11-9-19(10-12-20)24(3)15-21(17(2)23(27)26-24)18-8-13-22(28-4)25-16-18/h8-13,16H,5-7,14-15H2,1-4H3,(H,26,27). The molecule has 1 unspecified atom stereocenters. The van der Waals surface area contributed by atoms with E-state index in [0.29, 0.717) is 12.3 Å². The molecule has 29 heavy (non-hydrogen) atoms. The Bertz CT molecular complexity index is 872. The topological polar surface area (TPSA) is 60.5 Å². The highest BCUT2D eigenvalue weighted by molar-refractivity contribution is 6.03. The predicted octanol–water partition coefficient (Wildman–Crippen LogP) is 4.87. The van der Waals surface area contributed by atoms with Gasteiger partial charge in [-0.2, -0.15) is 0 Å². The van der Waals surface area contributed by atoms with Crippen molar-refractivity contribution in [3.05, 3.63) is 59.3 Å². The van der Waals surface area contributed by atoms with Gasteiger partial charge in [0.15, 0.2) is 0 Å². The maximum Gasteiger partial charge on any atom is 0.247 e. The third-order valence-corrected chi connectivity index (χ3v) is 5.52. The fourth-order valence-corrected chi connectivity index (χ4v) is 3.65. The number of amides is 1. The van der Waals surface area contributed by atoms with E-state index in [-0.39, 0.29) is 5.91 Å². The van der Waals surface area contributed by atoms with Gasteiger partial charge in [-0.15, -0.1) is 0 Å². The summed E-state index contributed by atoms with van der Waals surface area (Å²) in [7, 11) is 1.59. The minimum absolute atomic E-state index is 0.0514. The van der Waals surface area contributed by atoms with E-state index in [0.717, 1.165) is 41.1 Å². The van der Waals surface area contributed by atoms with Crippen LogP contribution in [0.4, 0.5) is 0 Å². The molecule has 1 amide bonds. The largest absolute Gasteiger partial charge is 0.494 e. The van der Waals surface area contributed by atoms with Crippen LogP contribution < -0.4 is 14.8 Å². The summed E-state index contributed by atoms with van der Waals surface area (Å²) in [6, 6.07) is 11.8. The average Bonchev–Trinajstić information content (AvgIpc) is 2.74. The first-order valence-electron chi connectivity index (χ1n) is 10.2. The van der Waals surface area contributed by atoms with Gasteiger partial charge in [-0.3, -0.25) is 4.79 Å². The fourth-order valence-electron chi connectivity index (χ4n) is 3.65. The second-order valence-corrected chi connectivity index (χ2v) is 7.74. The molecule has 0 bridgehead atoms. The van der Waals surface area contributed by atoms with Crippen LogP contribution in [0.1, 0.15) is 57.6 Å². The van der Waals surface area contributed by atoms with Crippen LogP contribution >= 0.6 is 0 Å². The van der Waals surface area contributed by atoms with Crippen molar-refractivity contribution in [1.29, 1.82) is 0 Å². The van der Waals surface area contributed by atoms with Crippen LogP contribution in [-0.2, 0) is 10.3 Å². The lowest BCUT2D eigenvalue weighted by molar-refractivity contribution is -0.119. The molecule has 1 atom stereocenters. The van der Waals surface area contributed by atoms with Gasteiger partial charge >= 0.3 is 0 Å². The van der Waals surface area contributed by atoms with Crippen LogP contribution in [0.3, 0.4) is 0 Å². The van der Waals surface area contributed by atoms with E-state index in [1.54, 1.807) is 13.3 Å². The minimum Gasteiger partial charge on any atom is -0.494 e. The summed E-state index contributed by atoms with van der Waals surface area (Å²) in [5.74, 6) is 1.37. The van der Waals surface area contributed by atoms with E-state index in [4.69, 9.17) is 9.47 Å². The number of benzene rings is 1. The first-order valence-corrected chi connectivity index (χ1v) is 10.2. The molecule has 0 fully saturated rings. The highest BCUT2D eigenvalue weighted by atomic mass is 16.5. The molecule has 2 aromatic rings. The van der Waals surface area contributed by atoms with Crippen molar-refractivity contribution >= 4 is 11.5 Å². The number of methoxy groups -OCH3 is 1. The number of carbonyl (C=O) groups is 1. The third-order valence-electron chi connectivity index (χ3n) is 5.52. The summed E-state index contributed by atoms with van der Waals surface area (Å²) in [6.07, 6.45) is 5.88. The van der Waals surface area contributed by atoms with Crippen LogP contribution in [-0.4, -0.2) is 24.6 Å². The number of carbonyl (C=O) groups excluding carboxylic acids is 1. The van der Waals surface area contributed by atoms with Crippen molar-refractivity contribution in [2.75, 3.05) is 13.7 Å². The summed E-state index contributed by atoms with van der Waals surface area (Å²) in [4.78, 5) is 17.0. The van der Waals surface area contributed by atoms with Crippen LogP contribution in [0.2, 0.25) is 0 Å². The summed E-state index contributed by atoms with van der Waals surface area (Å²) in [5.41, 5.74) is 3.24. The molecule has 0 saturated carbocycles. The normalized spacial score (nSPS) is 19.1. The van der Waals surface area contributed by atoms with Crippen LogP contribution in [0.15, 0.2) is 48.2 Å². The summed E-state index contributed by atoms with van der Waals surface area (Å²) in [5, 5.41) is 3.18. The monoisotopic (exact) mass is 394 g/mol. The fraction of sp³-hybridized carbons (Fsp3) is 0.417. The number of ether oxygens (including phenoxy) is 2. The van der Waals surface area contributed by atoms with Gasteiger partial charge in [0.25, 0.3) is 0 Å². The van der Waals surface area contributed by atoms with Crippen molar-refractivity contribution in [1.82, 2.24) is 10.3 Å². The number of hydrogen-bond acceptors (Lipinski definition) is 4. The highest BCUT2D eigenvalue weighted by Gasteiger charge is 2.36. The molecule has 3 rings (SSSR count). The number of rotatable bonds is 8. The summed E-state index contributed by atoms with van der Waals surface area (Å²) < 4.78 is 11.0. The molecule has 0 spiro atoms. The third kappa shape index (κ3) is 4.78. The zero-order chi connectivity index (χ0) is 20.9. The second-order valence-electron chi connectivity index (χ2n) is 7.74. The number of pyridine rings is 1. The quantitative estimate of drug-likeness (QED) is 0.649. The van der Waals surface area contributed by atoms with Crippen LogP contribution in [0.5, 0.6) is 11.6 Å². The molecule has 154 valence electrons. The minimum atomic E-state index is -0.493. The zero-order valence-corrected chi connectivity index (χ0v) is 17.7. The molecule has 0 saturated heterocycles. The Morgan fingerprint density at radius 2 is 1.90 bits per heavy atom. The highest BCUT2D eigenvalue weighted by Crippen LogP contribution is 2.38. The van der Waals surface area contributed by atoms with Gasteiger partial charge in [0.2, 0.25) is 11.8 Å². The van der Waals surface area contributed by atoms with Gasteiger partial charge in [0.05, 0.1) is 19.3 Å². The molecule has 1 aromatic carbocycles. The van der Waals surface area contributed by atoms with Crippen LogP contribution in [0, 0.1) is 0 Å². The van der Waals surface area contributed by atoms with E-state index in [1.165, 1.54) is 12.8 Å². The van der Waals surface area contributed by atoms with E-state index < -0.39 is 5.54 Å². The average molecular weight is 395 g/mol. The lowest BCUT2D eigenvalue weighted by Crippen LogP contribution is -2.47. The van der Waals surface area contributed by atoms with Gasteiger partial charge in [0.1, 0.15) is 5.75 Å². The molecule has 1 N–H and O–H groups in total. The van der Waals surface area contributed by atoms with Gasteiger partial charge in [0, 0.05) is 24.3 Å². The van der Waals surface area contributed by atoms with Gasteiger partial charge in [-0.1, -0.05) is 31.9 Å². The zero-order valence-electron chi connectivity index (χ0n) is 17.7. The Morgan fingerprint density at radius 3 is 2.52 bits per heavy atom. The molecule has 1 aliphatic rings. The van der Waals surface area contributed by atoms with Gasteiger partial charge in [-0.25, -0.2) is 4.98 Å². The van der Waals surface area contributed by atoms with Crippen molar-refractivity contribution < 1.29 is 14.3 Å². The second kappa shape index (κ2) is 9.12. The number of nitrogens with one attached hydrogen (secondary N) is 1. The first kappa shape index (κ1) is 20.9. The van der Waals surface area contributed by atoms with Gasteiger partial charge < -0.3 is 14.8 Å². The lowest BCUT2D eigenvalue weighted by Gasteiger charge is -2.37. The van der Waals surface area contributed by atoms with E-state index in [9.17, 15) is 4.79 Å². The molecule has 5 nitrogen and oxygen atoms in total. The van der Waals surface area contributed by atoms with Crippen molar-refractivity contribution in [3.63, 3.8) is 0 Å². The first-order chi connectivity index (χ1) is 14.0. The van der Waals surface area contributed by atoms with Crippen molar-refractivity contribution in [3.8, 4) is 11.6 Å². The Balaban J connectivity index is 1.79. The molecule has 2 heterocycles. The molecular formula is C24H30N2O3. The van der Waals surface area contributed by atoms with Crippen molar-refractivity contribution in [2.24, 2.45) is 0 Å². The Kier molecular flexibility index (Phi) is 6.57. The summed E-state index contributed by atoms with van der Waals surface area (Å²) >= 11 is 0. The molecular weight excluding hydrogens is 364 g/mol. The SMILES string of the molecule is CCCCCOc1ccc(C2(C)CC(c3ccc(OC)nc3)=C(C)C(=O)N2)cc1. The summed E-state index contributed by atoms with van der Waals surface area (Å²) in [6.45, 7) is 6.84. The molecule has 1 aromatic heterocycles. The maximum absolute atomic E-state index is 12.7. The lowest BCUT2D eigenvalue weighted by atomic mass is 9.79. The van der Waals surface area contributed by atoms with E-state index in [2.05, 4.69) is 24.1 Å². The van der Waals surface area contributed by atoms with Crippen LogP contribution in [0.25, 0.3) is 5.57 Å². The predicted molar refractivity (Wildman–Crippen MR) is 115 cm³/mol. The molecule has 1 aliphatic heterocycles. The number of aromatic nitrogens is 1. The smallest absolute Gasteiger partial charge is 0.247 e. The van der Waals surface area contributed by atoms with E-state index >= 15 is 0 Å². The molecule has 0 aliphatic carbocycles. The Labute approximate surface area is 173 Å². The van der Waals surface area contributed by atoms with Crippen molar-refractivity contribution in [2.45, 2.75) is 52.0 Å². The van der Waals surface area contributed by atoms with E-state index in [1.807, 2.05) is 43.3 Å². The number of unbranched alkanes of at least 4 members (excludes halogenated alkanes) is 2. The number of nitrogens with zero attached hydrogens (tertiary/aromatic N) is 1. The number of hydrogen-bond donors (Lipinski definition) is 1.